The maximum atomic E-state index is 12.4. The van der Waals surface area contributed by atoms with E-state index >= 15 is 0 Å². The van der Waals surface area contributed by atoms with Crippen LogP contribution in [-0.2, 0) is 14.8 Å². The molecule has 5 nitrogen and oxygen atoms in total. The van der Waals surface area contributed by atoms with Gasteiger partial charge in [0.05, 0.1) is 11.4 Å². The molecule has 0 radical (unpaired) electrons. The van der Waals surface area contributed by atoms with Crippen LogP contribution in [0, 0.1) is 0 Å². The largest absolute Gasteiger partial charge is 0.325 e. The molecule has 0 heterocycles. The van der Waals surface area contributed by atoms with Gasteiger partial charge in [-0.1, -0.05) is 39.1 Å². The lowest BCUT2D eigenvalue weighted by molar-refractivity contribution is -0.116. The number of nitrogens with zero attached hydrogens (tertiary/aromatic N) is 1. The first-order valence-electron chi connectivity index (χ1n) is 6.66. The predicted octanol–water partition coefficient (Wildman–Crippen LogP) is 4.02. The van der Waals surface area contributed by atoms with Crippen molar-refractivity contribution in [3.8, 4) is 0 Å². The molecular weight excluding hydrogens is 439 g/mol. The standard InChI is InChI=1S/C15H13BrCl2N2O3S/c1-20(24(22,23)14-4-2-10(16)3-5-14)9-15(21)19-13-7-11(17)6-12(18)8-13/h2-8H,9H2,1H3,(H,19,21). The van der Waals surface area contributed by atoms with Crippen molar-refractivity contribution in [3.63, 3.8) is 0 Å². The Bertz CT molecular complexity index is 837. The smallest absolute Gasteiger partial charge is 0.243 e. The molecule has 1 N–H and O–H groups in total. The number of hydrogen-bond donors (Lipinski definition) is 1. The van der Waals surface area contributed by atoms with Crippen LogP contribution in [0.3, 0.4) is 0 Å². The van der Waals surface area contributed by atoms with E-state index in [1.807, 2.05) is 0 Å². The number of likely N-dealkylation sites (N-methyl/N-ethyl adjacent to an activating group) is 1. The van der Waals surface area contributed by atoms with Crippen LogP contribution >= 0.6 is 39.1 Å². The fourth-order valence-electron chi connectivity index (χ4n) is 1.90. The molecule has 0 bridgehead atoms. The molecule has 2 rings (SSSR count). The molecule has 0 atom stereocenters. The Morgan fingerprint density at radius 1 is 1.12 bits per heavy atom. The fraction of sp³-hybridized carbons (Fsp3) is 0.133. The van der Waals surface area contributed by atoms with Crippen LogP contribution in [0.1, 0.15) is 0 Å². The van der Waals surface area contributed by atoms with Gasteiger partial charge < -0.3 is 5.32 Å². The minimum Gasteiger partial charge on any atom is -0.325 e. The number of carbonyl (C=O) groups excluding carboxylic acids is 1. The number of sulfonamides is 1. The summed E-state index contributed by atoms with van der Waals surface area (Å²) in [7, 11) is -2.42. The molecule has 24 heavy (non-hydrogen) atoms. The Labute approximate surface area is 158 Å². The zero-order chi connectivity index (χ0) is 17.9. The summed E-state index contributed by atoms with van der Waals surface area (Å²) in [5, 5.41) is 3.30. The molecule has 0 fully saturated rings. The molecular formula is C15H13BrCl2N2O3S. The Morgan fingerprint density at radius 3 is 2.21 bits per heavy atom. The molecule has 0 aromatic heterocycles. The van der Waals surface area contributed by atoms with Crippen molar-refractivity contribution < 1.29 is 13.2 Å². The van der Waals surface area contributed by atoms with E-state index in [0.29, 0.717) is 15.7 Å². The van der Waals surface area contributed by atoms with Crippen molar-refractivity contribution in [3.05, 3.63) is 57.0 Å². The van der Waals surface area contributed by atoms with Crippen molar-refractivity contribution in [2.45, 2.75) is 4.90 Å². The summed E-state index contributed by atoms with van der Waals surface area (Å²) in [5.41, 5.74) is 0.395. The van der Waals surface area contributed by atoms with Gasteiger partial charge in [-0.05, 0) is 42.5 Å². The number of benzene rings is 2. The second-order valence-corrected chi connectivity index (χ2v) is 8.75. The van der Waals surface area contributed by atoms with E-state index in [9.17, 15) is 13.2 Å². The third kappa shape index (κ3) is 4.94. The number of nitrogens with one attached hydrogen (secondary N) is 1. The summed E-state index contributed by atoms with van der Waals surface area (Å²) in [6, 6.07) is 10.7. The summed E-state index contributed by atoms with van der Waals surface area (Å²) in [4.78, 5) is 12.2. The summed E-state index contributed by atoms with van der Waals surface area (Å²) >= 11 is 15.0. The van der Waals surface area contributed by atoms with Crippen LogP contribution in [0.2, 0.25) is 10.0 Å². The van der Waals surface area contributed by atoms with Gasteiger partial charge >= 0.3 is 0 Å². The maximum absolute atomic E-state index is 12.4. The molecule has 0 unspecified atom stereocenters. The molecule has 0 aliphatic heterocycles. The topological polar surface area (TPSA) is 66.5 Å². The second kappa shape index (κ2) is 7.84. The second-order valence-electron chi connectivity index (χ2n) is 4.92. The van der Waals surface area contributed by atoms with Gasteiger partial charge in [0.1, 0.15) is 0 Å². The molecule has 128 valence electrons. The van der Waals surface area contributed by atoms with Crippen molar-refractivity contribution in [2.75, 3.05) is 18.9 Å². The summed E-state index contributed by atoms with van der Waals surface area (Å²) in [5.74, 6) is -0.503. The van der Waals surface area contributed by atoms with E-state index in [1.54, 1.807) is 12.1 Å². The van der Waals surface area contributed by atoms with Crippen LogP contribution in [0.5, 0.6) is 0 Å². The highest BCUT2D eigenvalue weighted by atomic mass is 79.9. The fourth-order valence-corrected chi connectivity index (χ4v) is 3.82. The Morgan fingerprint density at radius 2 is 1.67 bits per heavy atom. The van der Waals surface area contributed by atoms with Gasteiger partial charge in [0.15, 0.2) is 0 Å². The third-order valence-electron chi connectivity index (χ3n) is 3.03. The minimum atomic E-state index is -3.76. The zero-order valence-corrected chi connectivity index (χ0v) is 16.4. The number of amides is 1. The third-order valence-corrected chi connectivity index (χ3v) is 5.82. The average Bonchev–Trinajstić information content (AvgIpc) is 2.46. The van der Waals surface area contributed by atoms with E-state index in [1.165, 1.54) is 37.4 Å². The monoisotopic (exact) mass is 450 g/mol. The normalized spacial score (nSPS) is 11.5. The lowest BCUT2D eigenvalue weighted by Gasteiger charge is -2.17. The molecule has 0 aliphatic carbocycles. The van der Waals surface area contributed by atoms with E-state index in [4.69, 9.17) is 23.2 Å². The Hall–Kier alpha value is -1.12. The van der Waals surface area contributed by atoms with Gasteiger partial charge in [0.2, 0.25) is 15.9 Å². The van der Waals surface area contributed by atoms with Crippen LogP contribution < -0.4 is 5.32 Å². The van der Waals surface area contributed by atoms with Gasteiger partial charge in [-0.25, -0.2) is 8.42 Å². The molecule has 0 aliphatic rings. The SMILES string of the molecule is CN(CC(=O)Nc1cc(Cl)cc(Cl)c1)S(=O)(=O)c1ccc(Br)cc1. The molecule has 0 saturated heterocycles. The van der Waals surface area contributed by atoms with E-state index in [-0.39, 0.29) is 11.4 Å². The van der Waals surface area contributed by atoms with Crippen molar-refractivity contribution in [1.82, 2.24) is 4.31 Å². The highest BCUT2D eigenvalue weighted by Crippen LogP contribution is 2.22. The summed E-state index contributed by atoms with van der Waals surface area (Å²) in [6.45, 7) is -0.345. The molecule has 9 heteroatoms. The molecule has 2 aromatic carbocycles. The average molecular weight is 452 g/mol. The van der Waals surface area contributed by atoms with Crippen molar-refractivity contribution in [1.29, 1.82) is 0 Å². The van der Waals surface area contributed by atoms with Gasteiger partial charge in [0.25, 0.3) is 0 Å². The first kappa shape index (κ1) is 19.2. The van der Waals surface area contributed by atoms with Crippen LogP contribution in [0.25, 0.3) is 0 Å². The maximum Gasteiger partial charge on any atom is 0.243 e. The van der Waals surface area contributed by atoms with Gasteiger partial charge in [-0.3, -0.25) is 4.79 Å². The zero-order valence-electron chi connectivity index (χ0n) is 12.5. The van der Waals surface area contributed by atoms with Crippen molar-refractivity contribution >= 4 is 60.7 Å². The quantitative estimate of drug-likeness (QED) is 0.746. The number of halogens is 3. The number of hydrogen-bond acceptors (Lipinski definition) is 3. The molecule has 0 saturated carbocycles. The number of carbonyl (C=O) groups is 1. The van der Waals surface area contributed by atoms with Crippen LogP contribution in [0.15, 0.2) is 51.8 Å². The number of rotatable bonds is 5. The van der Waals surface area contributed by atoms with E-state index in [0.717, 1.165) is 8.78 Å². The van der Waals surface area contributed by atoms with Crippen LogP contribution in [-0.4, -0.2) is 32.2 Å². The molecule has 1 amide bonds. The first-order valence-corrected chi connectivity index (χ1v) is 9.65. The lowest BCUT2D eigenvalue weighted by Crippen LogP contribution is -2.34. The highest BCUT2D eigenvalue weighted by Gasteiger charge is 2.23. The van der Waals surface area contributed by atoms with Gasteiger partial charge in [-0.2, -0.15) is 4.31 Å². The van der Waals surface area contributed by atoms with Gasteiger partial charge in [0, 0.05) is 27.3 Å². The Balaban J connectivity index is 2.09. The van der Waals surface area contributed by atoms with Gasteiger partial charge in [-0.15, -0.1) is 0 Å². The van der Waals surface area contributed by atoms with Crippen LogP contribution in [0.4, 0.5) is 5.69 Å². The van der Waals surface area contributed by atoms with E-state index in [2.05, 4.69) is 21.2 Å². The summed E-state index contributed by atoms with van der Waals surface area (Å²) in [6.07, 6.45) is 0. The van der Waals surface area contributed by atoms with E-state index < -0.39 is 15.9 Å². The number of anilines is 1. The summed E-state index contributed by atoms with van der Waals surface area (Å²) < 4.78 is 26.6. The first-order chi connectivity index (χ1) is 11.2. The minimum absolute atomic E-state index is 0.104. The lowest BCUT2D eigenvalue weighted by atomic mass is 10.3. The Kier molecular flexibility index (Phi) is 6.28. The van der Waals surface area contributed by atoms with Crippen molar-refractivity contribution in [2.24, 2.45) is 0 Å². The highest BCUT2D eigenvalue weighted by molar-refractivity contribution is 9.10. The molecule has 0 spiro atoms. The molecule has 2 aromatic rings. The predicted molar refractivity (Wildman–Crippen MR) is 99.0 cm³/mol.